The fourth-order valence-corrected chi connectivity index (χ4v) is 4.73. The van der Waals surface area contributed by atoms with Gasteiger partial charge in [0.2, 0.25) is 11.8 Å². The molecule has 43 heavy (non-hydrogen) atoms. The third-order valence-electron chi connectivity index (χ3n) is 7.07. The molecule has 0 spiro atoms. The van der Waals surface area contributed by atoms with Gasteiger partial charge in [0.25, 0.3) is 0 Å². The maximum atomic E-state index is 13.7. The van der Waals surface area contributed by atoms with Crippen LogP contribution in [0.25, 0.3) is 10.9 Å². The van der Waals surface area contributed by atoms with Crippen molar-refractivity contribution in [3.63, 3.8) is 0 Å². The van der Waals surface area contributed by atoms with Crippen molar-refractivity contribution < 1.29 is 28.2 Å². The molecule has 5 rings (SSSR count). The Kier molecular flexibility index (Phi) is 9.68. The number of fused-ring (bicyclic) bond motifs is 1. The second kappa shape index (κ2) is 13.8. The SMILES string of the molecule is CCOC(=O)CN1CCN(C(=O)C=CC(=O)Nc2cc3c(Nc4ccc(F)c(Cl)c4)ncnc3cc2OCC2CC2)CC1. The summed E-state index contributed by atoms with van der Waals surface area (Å²) in [6.45, 7) is 4.72. The summed E-state index contributed by atoms with van der Waals surface area (Å²) in [4.78, 5) is 49.6. The van der Waals surface area contributed by atoms with Crippen molar-refractivity contribution in [2.75, 3.05) is 56.6 Å². The van der Waals surface area contributed by atoms with Crippen molar-refractivity contribution >= 4 is 57.5 Å². The number of amides is 2. The van der Waals surface area contributed by atoms with Gasteiger partial charge in [0.15, 0.2) is 0 Å². The molecule has 0 atom stereocenters. The Bertz CT molecular complexity index is 1540. The summed E-state index contributed by atoms with van der Waals surface area (Å²) < 4.78 is 24.7. The normalized spacial score (nSPS) is 15.5. The van der Waals surface area contributed by atoms with Crippen molar-refractivity contribution in [2.45, 2.75) is 19.8 Å². The van der Waals surface area contributed by atoms with E-state index in [4.69, 9.17) is 21.1 Å². The van der Waals surface area contributed by atoms with Gasteiger partial charge in [-0.15, -0.1) is 0 Å². The molecule has 2 aliphatic rings. The Morgan fingerprint density at radius 1 is 1.09 bits per heavy atom. The first-order chi connectivity index (χ1) is 20.8. The molecule has 2 fully saturated rings. The van der Waals surface area contributed by atoms with E-state index in [1.54, 1.807) is 24.0 Å². The Morgan fingerprint density at radius 2 is 1.88 bits per heavy atom. The van der Waals surface area contributed by atoms with Crippen LogP contribution in [0.1, 0.15) is 19.8 Å². The number of carbonyl (C=O) groups excluding carboxylic acids is 3. The molecule has 2 amide bonds. The number of piperazine rings is 1. The van der Waals surface area contributed by atoms with Crippen molar-refractivity contribution in [2.24, 2.45) is 5.92 Å². The Morgan fingerprint density at radius 3 is 2.60 bits per heavy atom. The average molecular weight is 611 g/mol. The lowest BCUT2D eigenvalue weighted by Crippen LogP contribution is -2.49. The van der Waals surface area contributed by atoms with Crippen LogP contribution in [0.2, 0.25) is 5.02 Å². The van der Waals surface area contributed by atoms with Gasteiger partial charge in [-0.1, -0.05) is 11.6 Å². The van der Waals surface area contributed by atoms with Gasteiger partial charge < -0.3 is 25.0 Å². The van der Waals surface area contributed by atoms with Crippen LogP contribution in [0.5, 0.6) is 5.75 Å². The first-order valence-electron chi connectivity index (χ1n) is 14.1. The summed E-state index contributed by atoms with van der Waals surface area (Å²) in [7, 11) is 0. The van der Waals surface area contributed by atoms with E-state index < -0.39 is 11.7 Å². The molecule has 13 heteroatoms. The standard InChI is InChI=1S/C30H32ClFN6O5/c1-2-42-29(41)16-37-9-11-38(12-10-37)28(40)8-7-27(39)36-25-14-21-24(15-26(25)43-17-19-3-4-19)33-18-34-30(21)35-20-5-6-23(32)22(31)13-20/h5-8,13-15,18-19H,2-4,9-12,16-17H2,1H3,(H,36,39)(H,33,34,35). The minimum Gasteiger partial charge on any atom is -0.491 e. The molecule has 226 valence electrons. The van der Waals surface area contributed by atoms with Gasteiger partial charge in [0, 0.05) is 55.5 Å². The Hall–Kier alpha value is -4.29. The molecule has 0 unspecified atom stereocenters. The number of hydrogen-bond acceptors (Lipinski definition) is 9. The Labute approximate surface area is 253 Å². The van der Waals surface area contributed by atoms with E-state index in [0.29, 0.717) is 79.2 Å². The van der Waals surface area contributed by atoms with Gasteiger partial charge in [0.05, 0.1) is 36.0 Å². The molecule has 2 heterocycles. The molecular formula is C30H32ClFN6O5. The quantitative estimate of drug-likeness (QED) is 0.243. The zero-order valence-electron chi connectivity index (χ0n) is 23.6. The number of carbonyl (C=O) groups is 3. The van der Waals surface area contributed by atoms with Crippen LogP contribution in [0.15, 0.2) is 48.8 Å². The third-order valence-corrected chi connectivity index (χ3v) is 7.36. The van der Waals surface area contributed by atoms with Crippen molar-refractivity contribution in [1.29, 1.82) is 0 Å². The highest BCUT2D eigenvalue weighted by Crippen LogP contribution is 2.36. The van der Waals surface area contributed by atoms with Crippen LogP contribution in [0, 0.1) is 11.7 Å². The number of esters is 1. The highest BCUT2D eigenvalue weighted by Gasteiger charge is 2.24. The fraction of sp³-hybridized carbons (Fsp3) is 0.367. The van der Waals surface area contributed by atoms with Gasteiger partial charge >= 0.3 is 5.97 Å². The first-order valence-corrected chi connectivity index (χ1v) is 14.5. The van der Waals surface area contributed by atoms with Gasteiger partial charge in [-0.2, -0.15) is 0 Å². The number of anilines is 3. The summed E-state index contributed by atoms with van der Waals surface area (Å²) in [5.74, 6) is -0.300. The second-order valence-electron chi connectivity index (χ2n) is 10.3. The van der Waals surface area contributed by atoms with Crippen molar-refractivity contribution in [3.8, 4) is 5.75 Å². The number of nitrogens with zero attached hydrogens (tertiary/aromatic N) is 4. The summed E-state index contributed by atoms with van der Waals surface area (Å²) in [5.41, 5.74) is 1.48. The van der Waals surface area contributed by atoms with Crippen LogP contribution in [0.4, 0.5) is 21.6 Å². The second-order valence-corrected chi connectivity index (χ2v) is 10.7. The van der Waals surface area contributed by atoms with Gasteiger partial charge in [-0.3, -0.25) is 19.3 Å². The molecule has 11 nitrogen and oxygen atoms in total. The third kappa shape index (κ3) is 8.17. The average Bonchev–Trinajstić information content (AvgIpc) is 3.82. The zero-order chi connectivity index (χ0) is 30.3. The van der Waals surface area contributed by atoms with Gasteiger partial charge in [0.1, 0.15) is 23.7 Å². The molecule has 2 N–H and O–H groups in total. The van der Waals surface area contributed by atoms with Crippen LogP contribution in [-0.2, 0) is 19.1 Å². The van der Waals surface area contributed by atoms with Crippen LogP contribution >= 0.6 is 11.6 Å². The molecular weight excluding hydrogens is 579 g/mol. The maximum Gasteiger partial charge on any atom is 0.320 e. The molecule has 0 radical (unpaired) electrons. The van der Waals surface area contributed by atoms with Gasteiger partial charge in [-0.25, -0.2) is 14.4 Å². The molecule has 3 aromatic rings. The van der Waals surface area contributed by atoms with Gasteiger partial charge in [-0.05, 0) is 49.9 Å². The molecule has 1 saturated heterocycles. The molecule has 1 aromatic heterocycles. The number of aromatic nitrogens is 2. The molecule has 1 saturated carbocycles. The lowest BCUT2D eigenvalue weighted by atomic mass is 10.1. The van der Waals surface area contributed by atoms with E-state index >= 15 is 0 Å². The van der Waals surface area contributed by atoms with E-state index in [9.17, 15) is 18.8 Å². The number of benzene rings is 2. The van der Waals surface area contributed by atoms with E-state index in [0.717, 1.165) is 12.8 Å². The number of ether oxygens (including phenoxy) is 2. The highest BCUT2D eigenvalue weighted by molar-refractivity contribution is 6.31. The first kappa shape index (κ1) is 30.2. The zero-order valence-corrected chi connectivity index (χ0v) is 24.4. The van der Waals surface area contributed by atoms with Crippen molar-refractivity contribution in [3.05, 3.63) is 59.7 Å². The van der Waals surface area contributed by atoms with Crippen LogP contribution in [-0.4, -0.2) is 83.5 Å². The fourth-order valence-electron chi connectivity index (χ4n) is 4.55. The van der Waals surface area contributed by atoms with Crippen LogP contribution in [0.3, 0.4) is 0 Å². The minimum absolute atomic E-state index is 0.0352. The summed E-state index contributed by atoms with van der Waals surface area (Å²) in [5, 5.41) is 6.49. The predicted octanol–water partition coefficient (Wildman–Crippen LogP) is 4.16. The predicted molar refractivity (Wildman–Crippen MR) is 160 cm³/mol. The lowest BCUT2D eigenvalue weighted by Gasteiger charge is -2.33. The lowest BCUT2D eigenvalue weighted by molar-refractivity contribution is -0.145. The molecule has 0 bridgehead atoms. The highest BCUT2D eigenvalue weighted by atomic mass is 35.5. The Balaban J connectivity index is 1.28. The summed E-state index contributed by atoms with van der Waals surface area (Å²) in [6, 6.07) is 7.65. The topological polar surface area (TPSA) is 126 Å². The monoisotopic (exact) mass is 610 g/mol. The molecule has 2 aromatic carbocycles. The number of nitrogens with one attached hydrogen (secondary N) is 2. The summed E-state index contributed by atoms with van der Waals surface area (Å²) in [6.07, 6.45) is 5.99. The van der Waals surface area contributed by atoms with E-state index in [-0.39, 0.29) is 23.4 Å². The molecule has 1 aliphatic heterocycles. The largest absolute Gasteiger partial charge is 0.491 e. The van der Waals surface area contributed by atoms with E-state index in [1.165, 1.54) is 36.7 Å². The maximum absolute atomic E-state index is 13.7. The minimum atomic E-state index is -0.537. The van der Waals surface area contributed by atoms with E-state index in [1.807, 2.05) is 4.90 Å². The van der Waals surface area contributed by atoms with Crippen molar-refractivity contribution in [1.82, 2.24) is 19.8 Å². The number of rotatable bonds is 11. The number of hydrogen-bond donors (Lipinski definition) is 2. The molecule has 1 aliphatic carbocycles. The van der Waals surface area contributed by atoms with Crippen LogP contribution < -0.4 is 15.4 Å². The van der Waals surface area contributed by atoms with E-state index in [2.05, 4.69) is 20.6 Å². The smallest absolute Gasteiger partial charge is 0.320 e. The number of halogens is 2. The summed E-state index contributed by atoms with van der Waals surface area (Å²) >= 11 is 5.94.